The second-order valence-corrected chi connectivity index (χ2v) is 6.81. The lowest BCUT2D eigenvalue weighted by Crippen LogP contribution is -2.11. The predicted molar refractivity (Wildman–Crippen MR) is 100 cm³/mol. The maximum atomic E-state index is 6.16. The van der Waals surface area contributed by atoms with E-state index in [0.717, 1.165) is 21.5 Å². The third-order valence-electron chi connectivity index (χ3n) is 3.40. The molecule has 0 saturated heterocycles. The molecule has 1 aromatic heterocycles. The number of ether oxygens (including phenoxy) is 1. The van der Waals surface area contributed by atoms with Gasteiger partial charge in [0.2, 0.25) is 5.16 Å². The molecule has 0 aliphatic heterocycles. The summed E-state index contributed by atoms with van der Waals surface area (Å²) in [5, 5.41) is 9.09. The molecular formula is C17H17BrN4OS. The number of aromatic nitrogens is 3. The van der Waals surface area contributed by atoms with E-state index in [9.17, 15) is 0 Å². The first kappa shape index (κ1) is 16.9. The van der Waals surface area contributed by atoms with Crippen molar-refractivity contribution in [1.82, 2.24) is 14.9 Å². The highest BCUT2D eigenvalue weighted by molar-refractivity contribution is 9.10. The Balaban J connectivity index is 1.75. The first-order valence-electron chi connectivity index (χ1n) is 7.49. The summed E-state index contributed by atoms with van der Waals surface area (Å²) >= 11 is 5.10. The van der Waals surface area contributed by atoms with Crippen molar-refractivity contribution in [3.63, 3.8) is 0 Å². The number of rotatable bonds is 6. The molecule has 0 aliphatic carbocycles. The van der Waals surface area contributed by atoms with Crippen LogP contribution >= 0.6 is 27.7 Å². The van der Waals surface area contributed by atoms with Crippen molar-refractivity contribution in [2.45, 2.75) is 17.8 Å². The number of hydrogen-bond acceptors (Lipinski definition) is 5. The molecule has 2 aromatic carbocycles. The van der Waals surface area contributed by atoms with Crippen LogP contribution in [-0.4, -0.2) is 21.5 Å². The molecule has 5 nitrogen and oxygen atoms in total. The summed E-state index contributed by atoms with van der Waals surface area (Å²) in [6.45, 7) is 2.60. The predicted octanol–water partition coefficient (Wildman–Crippen LogP) is 4.11. The van der Waals surface area contributed by atoms with Gasteiger partial charge in [-0.05, 0) is 42.8 Å². The third kappa shape index (κ3) is 3.73. The van der Waals surface area contributed by atoms with Crippen molar-refractivity contribution in [1.29, 1.82) is 0 Å². The van der Waals surface area contributed by atoms with Crippen LogP contribution in [0.2, 0.25) is 0 Å². The second-order valence-electron chi connectivity index (χ2n) is 5.01. The normalized spacial score (nSPS) is 10.8. The van der Waals surface area contributed by atoms with Crippen molar-refractivity contribution in [3.8, 4) is 17.1 Å². The Kier molecular flexibility index (Phi) is 5.42. The van der Waals surface area contributed by atoms with Gasteiger partial charge in [-0.15, -0.1) is 10.2 Å². The molecule has 3 aromatic rings. The van der Waals surface area contributed by atoms with Gasteiger partial charge in [-0.1, -0.05) is 45.9 Å². The molecule has 7 heteroatoms. The molecule has 0 fully saturated rings. The summed E-state index contributed by atoms with van der Waals surface area (Å²) in [6, 6.07) is 15.8. The Labute approximate surface area is 153 Å². The number of benzene rings is 2. The Bertz CT molecular complexity index is 820. The number of thioether (sulfide) groups is 1. The molecule has 0 amide bonds. The van der Waals surface area contributed by atoms with E-state index in [2.05, 4.69) is 32.2 Å². The number of nitrogens with zero attached hydrogens (tertiary/aromatic N) is 3. The number of hydrogen-bond donors (Lipinski definition) is 1. The first-order chi connectivity index (χ1) is 11.7. The van der Waals surface area contributed by atoms with Crippen molar-refractivity contribution in [2.24, 2.45) is 0 Å². The number of nitrogen functional groups attached to an aromatic ring is 1. The van der Waals surface area contributed by atoms with E-state index in [4.69, 9.17) is 10.6 Å². The summed E-state index contributed by atoms with van der Waals surface area (Å²) < 4.78 is 8.05. The fourth-order valence-corrected chi connectivity index (χ4v) is 3.67. The van der Waals surface area contributed by atoms with Crippen LogP contribution in [-0.2, 0) is 5.75 Å². The molecule has 0 radical (unpaired) electrons. The Hall–Kier alpha value is -1.99. The van der Waals surface area contributed by atoms with Crippen LogP contribution in [0.5, 0.6) is 5.75 Å². The van der Waals surface area contributed by atoms with E-state index in [0.29, 0.717) is 17.6 Å². The van der Waals surface area contributed by atoms with E-state index in [-0.39, 0.29) is 0 Å². The van der Waals surface area contributed by atoms with Gasteiger partial charge in [0.25, 0.3) is 0 Å². The molecule has 0 aliphatic rings. The highest BCUT2D eigenvalue weighted by atomic mass is 79.9. The lowest BCUT2D eigenvalue weighted by Gasteiger charge is -2.06. The van der Waals surface area contributed by atoms with Gasteiger partial charge in [0.05, 0.1) is 6.61 Å². The van der Waals surface area contributed by atoms with Gasteiger partial charge < -0.3 is 10.6 Å². The van der Waals surface area contributed by atoms with E-state index in [1.54, 1.807) is 11.8 Å². The summed E-state index contributed by atoms with van der Waals surface area (Å²) in [4.78, 5) is 0. The SMILES string of the molecule is CCOc1ccc(-c2nnc(SCc3ccccc3Br)n2N)cc1. The topological polar surface area (TPSA) is 66.0 Å². The number of nitrogens with two attached hydrogens (primary N) is 1. The van der Waals surface area contributed by atoms with E-state index in [1.165, 1.54) is 10.2 Å². The highest BCUT2D eigenvalue weighted by Gasteiger charge is 2.13. The lowest BCUT2D eigenvalue weighted by atomic mass is 10.2. The highest BCUT2D eigenvalue weighted by Crippen LogP contribution is 2.27. The Morgan fingerprint density at radius 3 is 2.58 bits per heavy atom. The van der Waals surface area contributed by atoms with Crippen molar-refractivity contribution in [3.05, 3.63) is 58.6 Å². The second kappa shape index (κ2) is 7.72. The minimum Gasteiger partial charge on any atom is -0.494 e. The summed E-state index contributed by atoms with van der Waals surface area (Å²) in [5.41, 5.74) is 2.09. The van der Waals surface area contributed by atoms with Crippen LogP contribution in [0, 0.1) is 0 Å². The van der Waals surface area contributed by atoms with Crippen LogP contribution in [0.15, 0.2) is 58.2 Å². The minimum absolute atomic E-state index is 0.632. The van der Waals surface area contributed by atoms with Gasteiger partial charge in [-0.25, -0.2) is 4.68 Å². The minimum atomic E-state index is 0.632. The monoisotopic (exact) mass is 404 g/mol. The summed E-state index contributed by atoms with van der Waals surface area (Å²) in [7, 11) is 0. The van der Waals surface area contributed by atoms with Gasteiger partial charge in [-0.2, -0.15) is 0 Å². The van der Waals surface area contributed by atoms with Crippen LogP contribution in [0.25, 0.3) is 11.4 Å². The maximum absolute atomic E-state index is 6.16. The third-order valence-corrected chi connectivity index (χ3v) is 5.17. The molecular weight excluding hydrogens is 388 g/mol. The molecule has 0 bridgehead atoms. The standard InChI is InChI=1S/C17H17BrN4OS/c1-2-23-14-9-7-12(8-10-14)16-20-21-17(22(16)19)24-11-13-5-3-4-6-15(13)18/h3-10H,2,11,19H2,1H3. The van der Waals surface area contributed by atoms with Gasteiger partial charge in [0, 0.05) is 15.8 Å². The fourth-order valence-electron chi connectivity index (χ4n) is 2.20. The van der Waals surface area contributed by atoms with Gasteiger partial charge in [0.1, 0.15) is 5.75 Å². The van der Waals surface area contributed by atoms with Gasteiger partial charge >= 0.3 is 0 Å². The van der Waals surface area contributed by atoms with Crippen LogP contribution in [0.1, 0.15) is 12.5 Å². The number of halogens is 1. The smallest absolute Gasteiger partial charge is 0.210 e. The largest absolute Gasteiger partial charge is 0.494 e. The Morgan fingerprint density at radius 2 is 1.88 bits per heavy atom. The molecule has 0 unspecified atom stereocenters. The molecule has 124 valence electrons. The maximum Gasteiger partial charge on any atom is 0.210 e. The van der Waals surface area contributed by atoms with Crippen molar-refractivity contribution < 1.29 is 4.74 Å². The zero-order valence-electron chi connectivity index (χ0n) is 13.1. The van der Waals surface area contributed by atoms with Crippen molar-refractivity contribution >= 4 is 27.7 Å². The average Bonchev–Trinajstić information content (AvgIpc) is 2.96. The van der Waals surface area contributed by atoms with Gasteiger partial charge in [-0.3, -0.25) is 0 Å². The molecule has 24 heavy (non-hydrogen) atoms. The average molecular weight is 405 g/mol. The quantitative estimate of drug-likeness (QED) is 0.494. The van der Waals surface area contributed by atoms with E-state index < -0.39 is 0 Å². The molecule has 3 rings (SSSR count). The first-order valence-corrected chi connectivity index (χ1v) is 9.27. The molecule has 1 heterocycles. The van der Waals surface area contributed by atoms with Crippen LogP contribution in [0.3, 0.4) is 0 Å². The molecule has 0 saturated carbocycles. The van der Waals surface area contributed by atoms with E-state index >= 15 is 0 Å². The summed E-state index contributed by atoms with van der Waals surface area (Å²) in [5.74, 6) is 8.38. The fraction of sp³-hybridized carbons (Fsp3) is 0.176. The molecule has 0 atom stereocenters. The van der Waals surface area contributed by atoms with Crippen molar-refractivity contribution in [2.75, 3.05) is 12.4 Å². The van der Waals surface area contributed by atoms with E-state index in [1.807, 2.05) is 49.4 Å². The van der Waals surface area contributed by atoms with Crippen LogP contribution in [0.4, 0.5) is 0 Å². The molecule has 0 spiro atoms. The molecule has 2 N–H and O–H groups in total. The summed E-state index contributed by atoms with van der Waals surface area (Å²) in [6.07, 6.45) is 0. The Morgan fingerprint density at radius 1 is 1.12 bits per heavy atom. The zero-order chi connectivity index (χ0) is 16.9. The van der Waals surface area contributed by atoms with Crippen LogP contribution < -0.4 is 10.6 Å². The van der Waals surface area contributed by atoms with Gasteiger partial charge in [0.15, 0.2) is 5.82 Å². The zero-order valence-corrected chi connectivity index (χ0v) is 15.5. The lowest BCUT2D eigenvalue weighted by molar-refractivity contribution is 0.340.